The summed E-state index contributed by atoms with van der Waals surface area (Å²) in [5.74, 6) is -0.822. The highest BCUT2D eigenvalue weighted by atomic mass is 16.9. The Balaban J connectivity index is 3.89. The third-order valence-electron chi connectivity index (χ3n) is 4.49. The van der Waals surface area contributed by atoms with Crippen LogP contribution in [0.5, 0.6) is 0 Å². The molecular formula is C23H48O4. The second-order valence-corrected chi connectivity index (χ2v) is 7.42. The van der Waals surface area contributed by atoms with Gasteiger partial charge in [-0.1, -0.05) is 66.2 Å². The van der Waals surface area contributed by atoms with Crippen LogP contribution in [0.25, 0.3) is 0 Å². The van der Waals surface area contributed by atoms with Crippen LogP contribution in [0.3, 0.4) is 0 Å². The average Bonchev–Trinajstić information content (AvgIpc) is 2.69. The molecule has 4 heteroatoms. The minimum atomic E-state index is -0.822. The zero-order valence-corrected chi connectivity index (χ0v) is 18.9. The monoisotopic (exact) mass is 388 g/mol. The topological polar surface area (TPSA) is 36.9 Å². The van der Waals surface area contributed by atoms with Gasteiger partial charge in [0, 0.05) is 19.6 Å². The molecule has 0 aromatic heterocycles. The van der Waals surface area contributed by atoms with E-state index in [0.29, 0.717) is 19.8 Å². The second kappa shape index (κ2) is 20.6. The standard InChI is InChI=1S/C23H48O4/c1-5-9-21-24-22-16-14-12-10-11-13-15-17-23(25-18-6-2,26-19-7-3)27-20-8-4/h5-22H2,1-4H3. The predicted molar refractivity (Wildman–Crippen MR) is 114 cm³/mol. The van der Waals surface area contributed by atoms with Crippen molar-refractivity contribution in [3.63, 3.8) is 0 Å². The lowest BCUT2D eigenvalue weighted by molar-refractivity contribution is -0.383. The molecule has 0 fully saturated rings. The van der Waals surface area contributed by atoms with Gasteiger partial charge < -0.3 is 18.9 Å². The highest BCUT2D eigenvalue weighted by Crippen LogP contribution is 2.25. The van der Waals surface area contributed by atoms with E-state index in [0.717, 1.165) is 45.3 Å². The van der Waals surface area contributed by atoms with Gasteiger partial charge in [0.15, 0.2) is 0 Å². The van der Waals surface area contributed by atoms with Crippen LogP contribution in [0.4, 0.5) is 0 Å². The Kier molecular flexibility index (Phi) is 20.4. The lowest BCUT2D eigenvalue weighted by atomic mass is 10.1. The van der Waals surface area contributed by atoms with Gasteiger partial charge in [-0.2, -0.15) is 0 Å². The molecule has 164 valence electrons. The molecule has 0 aliphatic carbocycles. The van der Waals surface area contributed by atoms with Crippen LogP contribution in [-0.4, -0.2) is 39.0 Å². The first-order chi connectivity index (χ1) is 13.2. The third kappa shape index (κ3) is 16.5. The van der Waals surface area contributed by atoms with E-state index in [2.05, 4.69) is 27.7 Å². The van der Waals surface area contributed by atoms with Crippen LogP contribution in [0.1, 0.15) is 111 Å². The first-order valence-electron chi connectivity index (χ1n) is 11.7. The molecule has 0 unspecified atom stereocenters. The zero-order valence-electron chi connectivity index (χ0n) is 18.9. The van der Waals surface area contributed by atoms with Gasteiger partial charge in [0.05, 0.1) is 19.8 Å². The molecule has 0 saturated heterocycles. The van der Waals surface area contributed by atoms with Gasteiger partial charge in [-0.15, -0.1) is 0 Å². The summed E-state index contributed by atoms with van der Waals surface area (Å²) in [7, 11) is 0. The van der Waals surface area contributed by atoms with Gasteiger partial charge in [0.1, 0.15) is 0 Å². The molecule has 4 nitrogen and oxygen atoms in total. The molecule has 0 aliphatic rings. The molecule has 0 aliphatic heterocycles. The first-order valence-corrected chi connectivity index (χ1v) is 11.7. The SMILES string of the molecule is CCCCOCCCCCCCCCC(OCCC)(OCCC)OCCC. The Labute approximate surface area is 169 Å². The van der Waals surface area contributed by atoms with E-state index in [9.17, 15) is 0 Å². The molecule has 0 bridgehead atoms. The number of ether oxygens (including phenoxy) is 4. The van der Waals surface area contributed by atoms with Crippen LogP contribution in [0.15, 0.2) is 0 Å². The largest absolute Gasteiger partial charge is 0.381 e. The predicted octanol–water partition coefficient (Wildman–Crippen LogP) is 6.86. The molecule has 27 heavy (non-hydrogen) atoms. The van der Waals surface area contributed by atoms with Crippen molar-refractivity contribution in [3.05, 3.63) is 0 Å². The van der Waals surface area contributed by atoms with Gasteiger partial charge >= 0.3 is 0 Å². The summed E-state index contributed by atoms with van der Waals surface area (Å²) < 4.78 is 23.7. The van der Waals surface area contributed by atoms with Crippen molar-refractivity contribution >= 4 is 0 Å². The first kappa shape index (κ1) is 26.8. The fourth-order valence-corrected chi connectivity index (χ4v) is 2.89. The minimum absolute atomic E-state index is 0.688. The maximum atomic E-state index is 6.02. The van der Waals surface area contributed by atoms with E-state index < -0.39 is 5.97 Å². The maximum Gasteiger partial charge on any atom is 0.282 e. The van der Waals surface area contributed by atoms with Gasteiger partial charge in [0.25, 0.3) is 5.97 Å². The minimum Gasteiger partial charge on any atom is -0.381 e. The highest BCUT2D eigenvalue weighted by molar-refractivity contribution is 4.60. The van der Waals surface area contributed by atoms with Crippen LogP contribution in [0.2, 0.25) is 0 Å². The Morgan fingerprint density at radius 3 is 1.37 bits per heavy atom. The fraction of sp³-hybridized carbons (Fsp3) is 1.00. The van der Waals surface area contributed by atoms with Gasteiger partial charge in [-0.3, -0.25) is 0 Å². The van der Waals surface area contributed by atoms with Gasteiger partial charge in [-0.25, -0.2) is 0 Å². The van der Waals surface area contributed by atoms with E-state index in [1.165, 1.54) is 51.4 Å². The summed E-state index contributed by atoms with van der Waals surface area (Å²) in [5, 5.41) is 0. The van der Waals surface area contributed by atoms with Crippen LogP contribution < -0.4 is 0 Å². The van der Waals surface area contributed by atoms with Crippen molar-refractivity contribution in [2.24, 2.45) is 0 Å². The summed E-state index contributed by atoms with van der Waals surface area (Å²) in [6, 6.07) is 0. The second-order valence-electron chi connectivity index (χ2n) is 7.42. The number of hydrogen-bond acceptors (Lipinski definition) is 4. The van der Waals surface area contributed by atoms with Crippen molar-refractivity contribution in [1.82, 2.24) is 0 Å². The van der Waals surface area contributed by atoms with Crippen LogP contribution >= 0.6 is 0 Å². The highest BCUT2D eigenvalue weighted by Gasteiger charge is 2.32. The van der Waals surface area contributed by atoms with Crippen LogP contribution in [0, 0.1) is 0 Å². The van der Waals surface area contributed by atoms with E-state index in [-0.39, 0.29) is 0 Å². The van der Waals surface area contributed by atoms with E-state index in [1.807, 2.05) is 0 Å². The van der Waals surface area contributed by atoms with Crippen molar-refractivity contribution in [1.29, 1.82) is 0 Å². The van der Waals surface area contributed by atoms with Crippen molar-refractivity contribution in [2.45, 2.75) is 117 Å². The molecule has 0 amide bonds. The third-order valence-corrected chi connectivity index (χ3v) is 4.49. The Morgan fingerprint density at radius 2 is 0.889 bits per heavy atom. The fourth-order valence-electron chi connectivity index (χ4n) is 2.89. The van der Waals surface area contributed by atoms with Gasteiger partial charge in [-0.05, 0) is 38.5 Å². The molecule has 0 heterocycles. The van der Waals surface area contributed by atoms with Crippen molar-refractivity contribution in [3.8, 4) is 0 Å². The zero-order chi connectivity index (χ0) is 20.1. The maximum absolute atomic E-state index is 6.02. The van der Waals surface area contributed by atoms with Crippen molar-refractivity contribution in [2.75, 3.05) is 33.0 Å². The Hall–Kier alpha value is -0.160. The number of hydrogen-bond donors (Lipinski definition) is 0. The van der Waals surface area contributed by atoms with E-state index >= 15 is 0 Å². The molecule has 0 radical (unpaired) electrons. The lowest BCUT2D eigenvalue weighted by Crippen LogP contribution is -2.40. The summed E-state index contributed by atoms with van der Waals surface area (Å²) in [6.45, 7) is 12.5. The lowest BCUT2D eigenvalue weighted by Gasteiger charge is -2.33. The molecule has 0 saturated carbocycles. The Bertz CT molecular complexity index is 262. The molecule has 0 N–H and O–H groups in total. The van der Waals surface area contributed by atoms with Crippen molar-refractivity contribution < 1.29 is 18.9 Å². The molecule has 0 atom stereocenters. The summed E-state index contributed by atoms with van der Waals surface area (Å²) >= 11 is 0. The smallest absolute Gasteiger partial charge is 0.282 e. The average molecular weight is 389 g/mol. The Morgan fingerprint density at radius 1 is 0.444 bits per heavy atom. The normalized spacial score (nSPS) is 12.0. The molecular weight excluding hydrogens is 340 g/mol. The van der Waals surface area contributed by atoms with Crippen LogP contribution in [-0.2, 0) is 18.9 Å². The summed E-state index contributed by atoms with van der Waals surface area (Å²) in [6.07, 6.45) is 14.9. The summed E-state index contributed by atoms with van der Waals surface area (Å²) in [4.78, 5) is 0. The van der Waals surface area contributed by atoms with E-state index in [1.54, 1.807) is 0 Å². The summed E-state index contributed by atoms with van der Waals surface area (Å²) in [5.41, 5.74) is 0. The quantitative estimate of drug-likeness (QED) is 0.150. The molecule has 0 aromatic rings. The number of rotatable bonds is 22. The molecule has 0 aromatic carbocycles. The molecule has 0 rings (SSSR count). The van der Waals surface area contributed by atoms with Gasteiger partial charge in [0.2, 0.25) is 0 Å². The van der Waals surface area contributed by atoms with E-state index in [4.69, 9.17) is 18.9 Å². The number of unbranched alkanes of at least 4 members (excludes halogenated alkanes) is 7. The molecule has 0 spiro atoms.